The van der Waals surface area contributed by atoms with Crippen LogP contribution in [0.5, 0.6) is 0 Å². The lowest BCUT2D eigenvalue weighted by Crippen LogP contribution is -2.15. The molecule has 1 aromatic carbocycles. The summed E-state index contributed by atoms with van der Waals surface area (Å²) < 4.78 is 76.5. The SMILES string of the molecule is C=S.Cc1cc(Cn2nc(C(F)(F)F)cc2C(F)(F)F)ccc1N. The second kappa shape index (κ2) is 7.20. The minimum Gasteiger partial charge on any atom is -0.399 e. The number of aryl methyl sites for hydroxylation is 1. The topological polar surface area (TPSA) is 43.8 Å². The van der Waals surface area contributed by atoms with Gasteiger partial charge >= 0.3 is 12.4 Å². The molecule has 0 aliphatic rings. The number of nitrogens with two attached hydrogens (primary N) is 1. The van der Waals surface area contributed by atoms with Gasteiger partial charge < -0.3 is 5.73 Å². The van der Waals surface area contributed by atoms with Gasteiger partial charge in [0.15, 0.2) is 5.69 Å². The van der Waals surface area contributed by atoms with Gasteiger partial charge in [0.2, 0.25) is 0 Å². The monoisotopic (exact) mass is 369 g/mol. The molecule has 10 heteroatoms. The van der Waals surface area contributed by atoms with E-state index in [1.165, 1.54) is 18.2 Å². The van der Waals surface area contributed by atoms with Gasteiger partial charge in [0, 0.05) is 11.8 Å². The molecule has 0 atom stereocenters. The molecule has 0 aliphatic carbocycles. The number of halogens is 6. The Labute approximate surface area is 139 Å². The fourth-order valence-electron chi connectivity index (χ4n) is 1.91. The molecule has 0 fully saturated rings. The van der Waals surface area contributed by atoms with Crippen molar-refractivity contribution in [3.63, 3.8) is 0 Å². The Balaban J connectivity index is 0.00000139. The van der Waals surface area contributed by atoms with Crippen molar-refractivity contribution in [2.45, 2.75) is 25.8 Å². The van der Waals surface area contributed by atoms with Gasteiger partial charge in [0.05, 0.1) is 6.54 Å². The molecule has 0 radical (unpaired) electrons. The Hall–Kier alpha value is -2.10. The van der Waals surface area contributed by atoms with Crippen LogP contribution in [-0.2, 0) is 18.9 Å². The van der Waals surface area contributed by atoms with Crippen molar-refractivity contribution in [1.82, 2.24) is 9.78 Å². The Kier molecular flexibility index (Phi) is 5.99. The van der Waals surface area contributed by atoms with Crippen LogP contribution in [0.2, 0.25) is 0 Å². The quantitative estimate of drug-likeness (QED) is 0.482. The first-order valence-electron chi connectivity index (χ1n) is 6.34. The van der Waals surface area contributed by atoms with E-state index >= 15 is 0 Å². The number of anilines is 1. The molecule has 0 bridgehead atoms. The number of rotatable bonds is 2. The number of hydrogen-bond donors (Lipinski definition) is 1. The van der Waals surface area contributed by atoms with Gasteiger partial charge in [0.1, 0.15) is 5.69 Å². The predicted molar refractivity (Wildman–Crippen MR) is 81.6 cm³/mol. The highest BCUT2D eigenvalue weighted by molar-refractivity contribution is 7.77. The molecule has 0 unspecified atom stereocenters. The van der Waals surface area contributed by atoms with E-state index in [1.807, 2.05) is 0 Å². The zero-order valence-corrected chi connectivity index (χ0v) is 13.2. The summed E-state index contributed by atoms with van der Waals surface area (Å²) in [5.41, 5.74) is 3.99. The van der Waals surface area contributed by atoms with Crippen LogP contribution in [0.3, 0.4) is 0 Å². The molecule has 2 rings (SSSR count). The third kappa shape index (κ3) is 4.70. The number of benzene rings is 1. The predicted octanol–water partition coefficient (Wildman–Crippen LogP) is 4.48. The lowest BCUT2D eigenvalue weighted by atomic mass is 10.1. The molecule has 0 aliphatic heterocycles. The number of nitrogen functional groups attached to an aromatic ring is 1. The van der Waals surface area contributed by atoms with Crippen LogP contribution in [0.15, 0.2) is 24.3 Å². The van der Waals surface area contributed by atoms with Crippen LogP contribution in [0.1, 0.15) is 22.5 Å². The van der Waals surface area contributed by atoms with Crippen molar-refractivity contribution in [2.24, 2.45) is 0 Å². The third-order valence-corrected chi connectivity index (χ3v) is 3.03. The van der Waals surface area contributed by atoms with E-state index < -0.39 is 30.3 Å². The summed E-state index contributed by atoms with van der Waals surface area (Å²) in [6.45, 7) is 1.21. The highest BCUT2D eigenvalue weighted by atomic mass is 32.1. The summed E-state index contributed by atoms with van der Waals surface area (Å²) in [4.78, 5) is 0. The van der Waals surface area contributed by atoms with E-state index in [0.29, 0.717) is 21.5 Å². The first-order chi connectivity index (χ1) is 11.0. The van der Waals surface area contributed by atoms with Crippen LogP contribution in [0, 0.1) is 6.92 Å². The summed E-state index contributed by atoms with van der Waals surface area (Å²) in [6, 6.07) is 4.43. The molecule has 0 saturated heterocycles. The van der Waals surface area contributed by atoms with Gasteiger partial charge in [-0.15, -0.1) is 0 Å². The summed E-state index contributed by atoms with van der Waals surface area (Å²) in [5.74, 6) is 2.83. The van der Waals surface area contributed by atoms with Crippen molar-refractivity contribution >= 4 is 23.8 Å². The van der Waals surface area contributed by atoms with Crippen LogP contribution < -0.4 is 5.73 Å². The smallest absolute Gasteiger partial charge is 0.399 e. The zero-order chi connectivity index (χ0) is 18.7. The molecular weight excluding hydrogens is 356 g/mol. The van der Waals surface area contributed by atoms with Gasteiger partial charge in [-0.3, -0.25) is 4.68 Å². The van der Waals surface area contributed by atoms with Crippen molar-refractivity contribution in [3.8, 4) is 0 Å². The third-order valence-electron chi connectivity index (χ3n) is 3.03. The van der Waals surface area contributed by atoms with Gasteiger partial charge in [-0.25, -0.2) is 0 Å². The Morgan fingerprint density at radius 2 is 1.67 bits per heavy atom. The summed E-state index contributed by atoms with van der Waals surface area (Å²) in [7, 11) is 0. The summed E-state index contributed by atoms with van der Waals surface area (Å²) in [5, 5.41) is 3.04. The first-order valence-corrected chi connectivity index (χ1v) is 6.92. The molecular formula is C14H13F6N3S. The molecule has 0 saturated carbocycles. The summed E-state index contributed by atoms with van der Waals surface area (Å²) >= 11 is 3.83. The van der Waals surface area contributed by atoms with E-state index in [1.54, 1.807) is 6.92 Å². The lowest BCUT2D eigenvalue weighted by molar-refractivity contribution is -0.144. The van der Waals surface area contributed by atoms with Crippen molar-refractivity contribution in [1.29, 1.82) is 0 Å². The van der Waals surface area contributed by atoms with Gasteiger partial charge in [-0.1, -0.05) is 24.4 Å². The van der Waals surface area contributed by atoms with Gasteiger partial charge in [-0.05, 0) is 30.0 Å². The average Bonchev–Trinajstić information content (AvgIpc) is 2.89. The Morgan fingerprint density at radius 1 is 1.08 bits per heavy atom. The number of nitrogens with zero attached hydrogens (tertiary/aromatic N) is 2. The molecule has 1 heterocycles. The van der Waals surface area contributed by atoms with Gasteiger partial charge in [0.25, 0.3) is 0 Å². The largest absolute Gasteiger partial charge is 0.435 e. The van der Waals surface area contributed by atoms with Gasteiger partial charge in [-0.2, -0.15) is 31.4 Å². The van der Waals surface area contributed by atoms with Crippen LogP contribution in [0.25, 0.3) is 0 Å². The van der Waals surface area contributed by atoms with Crippen LogP contribution in [-0.4, -0.2) is 15.7 Å². The van der Waals surface area contributed by atoms with Crippen molar-refractivity contribution in [3.05, 3.63) is 46.8 Å². The van der Waals surface area contributed by atoms with Crippen LogP contribution >= 0.6 is 12.2 Å². The highest BCUT2D eigenvalue weighted by Crippen LogP contribution is 2.35. The minimum absolute atomic E-state index is 0.00413. The lowest BCUT2D eigenvalue weighted by Gasteiger charge is -2.11. The molecule has 1 aromatic heterocycles. The maximum Gasteiger partial charge on any atom is 0.435 e. The van der Waals surface area contributed by atoms with E-state index in [4.69, 9.17) is 5.73 Å². The van der Waals surface area contributed by atoms with Crippen LogP contribution in [0.4, 0.5) is 32.0 Å². The van der Waals surface area contributed by atoms with E-state index in [-0.39, 0.29) is 6.07 Å². The molecule has 132 valence electrons. The molecule has 0 amide bonds. The fraction of sp³-hybridized carbons (Fsp3) is 0.286. The zero-order valence-electron chi connectivity index (χ0n) is 12.4. The van der Waals surface area contributed by atoms with Crippen molar-refractivity contribution in [2.75, 3.05) is 5.73 Å². The first kappa shape index (κ1) is 19.9. The Bertz CT molecular complexity index is 706. The second-order valence-electron chi connectivity index (χ2n) is 4.76. The fourth-order valence-corrected chi connectivity index (χ4v) is 1.91. The average molecular weight is 369 g/mol. The number of thiocarbonyl (C=S) groups is 1. The van der Waals surface area contributed by atoms with Crippen molar-refractivity contribution < 1.29 is 26.3 Å². The van der Waals surface area contributed by atoms with E-state index in [2.05, 4.69) is 23.2 Å². The molecule has 0 spiro atoms. The maximum absolute atomic E-state index is 12.8. The molecule has 24 heavy (non-hydrogen) atoms. The van der Waals surface area contributed by atoms with E-state index in [9.17, 15) is 26.3 Å². The highest BCUT2D eigenvalue weighted by Gasteiger charge is 2.41. The maximum atomic E-state index is 12.8. The van der Waals surface area contributed by atoms with E-state index in [0.717, 1.165) is 0 Å². The number of alkyl halides is 6. The Morgan fingerprint density at radius 3 is 2.12 bits per heavy atom. The summed E-state index contributed by atoms with van der Waals surface area (Å²) in [6.07, 6.45) is -9.87. The number of hydrogen-bond acceptors (Lipinski definition) is 3. The molecule has 3 nitrogen and oxygen atoms in total. The molecule has 2 N–H and O–H groups in total. The second-order valence-corrected chi connectivity index (χ2v) is 4.76. The standard InChI is InChI=1S/C13H11F6N3.CH2S/c1-7-4-8(2-3-9(7)20)6-22-11(13(17,18)19)5-10(21-22)12(14,15)16;1-2/h2-5H,6,20H2,1H3;1H2. The molecule has 2 aromatic rings. The number of aromatic nitrogens is 2. The minimum atomic E-state index is -4.94. The normalized spacial score (nSPS) is 11.8.